The summed E-state index contributed by atoms with van der Waals surface area (Å²) >= 11 is 12.2. The number of nitrogens with zero attached hydrogens (tertiary/aromatic N) is 4. The highest BCUT2D eigenvalue weighted by Crippen LogP contribution is 2.44. The van der Waals surface area contributed by atoms with Crippen LogP contribution in [0.25, 0.3) is 11.2 Å². The summed E-state index contributed by atoms with van der Waals surface area (Å²) in [6, 6.07) is 0. The van der Waals surface area contributed by atoms with E-state index in [-0.39, 0.29) is 17.7 Å². The predicted molar refractivity (Wildman–Crippen MR) is 76.0 cm³/mol. The molecule has 0 amide bonds. The molecule has 4 unspecified atom stereocenters. The van der Waals surface area contributed by atoms with Crippen molar-refractivity contribution in [1.82, 2.24) is 19.5 Å². The lowest BCUT2D eigenvalue weighted by Gasteiger charge is -2.26. The number of nitrogens with two attached hydrogens (primary N) is 1. The van der Waals surface area contributed by atoms with Gasteiger partial charge in [0.05, 0.1) is 12.9 Å². The fraction of sp³-hybridized carbons (Fsp3) is 0.545. The van der Waals surface area contributed by atoms with Gasteiger partial charge in [-0.2, -0.15) is 9.97 Å². The van der Waals surface area contributed by atoms with E-state index in [9.17, 15) is 10.2 Å². The number of hydrogen-bond acceptors (Lipinski definition) is 7. The Balaban J connectivity index is 2.13. The number of imidazole rings is 1. The van der Waals surface area contributed by atoms with Gasteiger partial charge in [-0.25, -0.2) is 4.98 Å². The maximum absolute atomic E-state index is 10.1. The quantitative estimate of drug-likeness (QED) is 0.534. The summed E-state index contributed by atoms with van der Waals surface area (Å²) in [6.07, 6.45) is -1.21. The Morgan fingerprint density at radius 1 is 1.52 bits per heavy atom. The van der Waals surface area contributed by atoms with Crippen LogP contribution in [0.1, 0.15) is 13.2 Å². The maximum Gasteiger partial charge on any atom is 0.226 e. The molecule has 21 heavy (non-hydrogen) atoms. The highest BCUT2D eigenvalue weighted by atomic mass is 35.5. The average Bonchev–Trinajstić information content (AvgIpc) is 2.91. The van der Waals surface area contributed by atoms with E-state index >= 15 is 0 Å². The molecule has 10 heteroatoms. The van der Waals surface area contributed by atoms with Gasteiger partial charge in [-0.3, -0.25) is 4.57 Å². The summed E-state index contributed by atoms with van der Waals surface area (Å²) in [6.45, 7) is 1.25. The molecular weight excluding hydrogens is 321 g/mol. The van der Waals surface area contributed by atoms with Gasteiger partial charge < -0.3 is 20.7 Å². The summed E-state index contributed by atoms with van der Waals surface area (Å²) in [7, 11) is 0. The van der Waals surface area contributed by atoms with Crippen molar-refractivity contribution in [2.75, 3.05) is 12.3 Å². The molecule has 0 aliphatic carbocycles. The Morgan fingerprint density at radius 2 is 2.24 bits per heavy atom. The third-order valence-corrected chi connectivity index (χ3v) is 4.15. The number of aliphatic hydroxyl groups excluding tert-OH is 2. The number of hydrogen-bond donors (Lipinski definition) is 3. The van der Waals surface area contributed by atoms with Crippen molar-refractivity contribution in [2.24, 2.45) is 0 Å². The van der Waals surface area contributed by atoms with Crippen molar-refractivity contribution < 1.29 is 14.9 Å². The van der Waals surface area contributed by atoms with E-state index < -0.39 is 23.3 Å². The number of aromatic nitrogens is 4. The molecule has 3 heterocycles. The minimum atomic E-state index is -1.17. The summed E-state index contributed by atoms with van der Waals surface area (Å²) in [5.41, 5.74) is 6.44. The van der Waals surface area contributed by atoms with Crippen LogP contribution in [0, 0.1) is 0 Å². The van der Waals surface area contributed by atoms with Crippen molar-refractivity contribution in [3.63, 3.8) is 0 Å². The Hall–Kier alpha value is -1.19. The zero-order valence-electron chi connectivity index (χ0n) is 10.9. The molecule has 4 atom stereocenters. The molecular formula is C11H13Cl2N5O3. The number of alkyl halides is 1. The Kier molecular flexibility index (Phi) is 3.45. The number of rotatable bonds is 2. The van der Waals surface area contributed by atoms with Crippen molar-refractivity contribution >= 4 is 40.2 Å². The number of aliphatic hydroxyl groups is 2. The van der Waals surface area contributed by atoms with E-state index in [2.05, 4.69) is 15.0 Å². The molecule has 3 rings (SSSR count). The molecule has 2 aromatic heterocycles. The normalized spacial score (nSPS) is 32.9. The van der Waals surface area contributed by atoms with E-state index in [0.717, 1.165) is 0 Å². The molecule has 1 fully saturated rings. The maximum atomic E-state index is 10.1. The molecule has 2 aromatic rings. The van der Waals surface area contributed by atoms with E-state index in [1.807, 2.05) is 0 Å². The first-order valence-corrected chi connectivity index (χ1v) is 6.90. The molecule has 114 valence electrons. The monoisotopic (exact) mass is 333 g/mol. The van der Waals surface area contributed by atoms with Crippen LogP contribution < -0.4 is 5.73 Å². The number of fused-ring (bicyclic) bond motifs is 1. The SMILES string of the molecule is CC1(Cl)C(O)C(CO)OC1n1cnc2c(N)nc(Cl)nc21. The largest absolute Gasteiger partial charge is 0.394 e. The van der Waals surface area contributed by atoms with Crippen molar-refractivity contribution in [3.8, 4) is 0 Å². The van der Waals surface area contributed by atoms with Gasteiger partial charge in [-0.1, -0.05) is 0 Å². The summed E-state index contributed by atoms with van der Waals surface area (Å²) in [5.74, 6) is 0.136. The summed E-state index contributed by atoms with van der Waals surface area (Å²) < 4.78 is 7.14. The second kappa shape index (κ2) is 4.92. The van der Waals surface area contributed by atoms with Crippen LogP contribution in [0.2, 0.25) is 5.28 Å². The molecule has 1 saturated heterocycles. The molecule has 0 radical (unpaired) electrons. The number of nitrogen functional groups attached to an aromatic ring is 1. The lowest BCUT2D eigenvalue weighted by Crippen LogP contribution is -2.39. The summed E-state index contributed by atoms with van der Waals surface area (Å²) in [4.78, 5) is 10.8. The van der Waals surface area contributed by atoms with Gasteiger partial charge in [0.1, 0.15) is 22.6 Å². The van der Waals surface area contributed by atoms with Crippen LogP contribution >= 0.6 is 23.2 Å². The predicted octanol–water partition coefficient (Wildman–Crippen LogP) is 0.310. The Bertz CT molecular complexity index is 692. The van der Waals surface area contributed by atoms with E-state index in [0.29, 0.717) is 11.2 Å². The molecule has 0 bridgehead atoms. The third kappa shape index (κ3) is 2.14. The summed E-state index contributed by atoms with van der Waals surface area (Å²) in [5, 5.41) is 19.4. The van der Waals surface area contributed by atoms with Gasteiger partial charge in [0.25, 0.3) is 0 Å². The molecule has 0 saturated carbocycles. The standard InChI is InChI=1S/C11H13Cl2N5O3/c1-11(13)6(20)4(2-19)21-9(11)18-3-15-5-7(14)16-10(12)17-8(5)18/h3-4,6,9,19-20H,2H2,1H3,(H2,14,16,17). The number of halogens is 2. The highest BCUT2D eigenvalue weighted by molar-refractivity contribution is 6.28. The molecule has 1 aliphatic rings. The molecule has 0 aromatic carbocycles. The number of ether oxygens (including phenoxy) is 1. The Morgan fingerprint density at radius 3 is 2.86 bits per heavy atom. The Labute approximate surface area is 129 Å². The van der Waals surface area contributed by atoms with Gasteiger partial charge in [0.2, 0.25) is 5.28 Å². The minimum Gasteiger partial charge on any atom is -0.394 e. The van der Waals surface area contributed by atoms with Gasteiger partial charge in [0, 0.05) is 0 Å². The second-order valence-corrected chi connectivity index (χ2v) is 6.16. The fourth-order valence-electron chi connectivity index (χ4n) is 2.45. The van der Waals surface area contributed by atoms with Gasteiger partial charge >= 0.3 is 0 Å². The molecule has 4 N–H and O–H groups in total. The fourth-order valence-corrected chi connectivity index (χ4v) is 2.91. The first-order chi connectivity index (χ1) is 9.86. The molecule has 8 nitrogen and oxygen atoms in total. The number of anilines is 1. The molecule has 1 aliphatic heterocycles. The van der Waals surface area contributed by atoms with E-state index in [1.54, 1.807) is 6.92 Å². The smallest absolute Gasteiger partial charge is 0.226 e. The second-order valence-electron chi connectivity index (χ2n) is 5.01. The van der Waals surface area contributed by atoms with Crippen LogP contribution in [-0.2, 0) is 4.74 Å². The van der Waals surface area contributed by atoms with Crippen molar-refractivity contribution in [3.05, 3.63) is 11.6 Å². The highest BCUT2D eigenvalue weighted by Gasteiger charge is 2.53. The van der Waals surface area contributed by atoms with Crippen LogP contribution in [-0.4, -0.2) is 53.4 Å². The zero-order chi connectivity index (χ0) is 15.4. The van der Waals surface area contributed by atoms with Crippen molar-refractivity contribution in [1.29, 1.82) is 0 Å². The topological polar surface area (TPSA) is 119 Å². The lowest BCUT2D eigenvalue weighted by atomic mass is 10.0. The lowest BCUT2D eigenvalue weighted by molar-refractivity contribution is -0.0441. The van der Waals surface area contributed by atoms with E-state index in [1.165, 1.54) is 10.9 Å². The zero-order valence-corrected chi connectivity index (χ0v) is 12.5. The van der Waals surface area contributed by atoms with Crippen LogP contribution in [0.5, 0.6) is 0 Å². The average molecular weight is 334 g/mol. The van der Waals surface area contributed by atoms with E-state index in [4.69, 9.17) is 33.7 Å². The van der Waals surface area contributed by atoms with Gasteiger partial charge in [-0.15, -0.1) is 11.6 Å². The minimum absolute atomic E-state index is 0.0321. The molecule has 0 spiro atoms. The van der Waals surface area contributed by atoms with Crippen LogP contribution in [0.3, 0.4) is 0 Å². The first-order valence-electron chi connectivity index (χ1n) is 6.15. The third-order valence-electron chi connectivity index (χ3n) is 3.57. The first kappa shape index (κ1) is 14.7. The van der Waals surface area contributed by atoms with Crippen LogP contribution in [0.4, 0.5) is 5.82 Å². The van der Waals surface area contributed by atoms with Crippen molar-refractivity contribution in [2.45, 2.75) is 30.2 Å². The van der Waals surface area contributed by atoms with Gasteiger partial charge in [-0.05, 0) is 18.5 Å². The van der Waals surface area contributed by atoms with Gasteiger partial charge in [0.15, 0.2) is 17.7 Å². The van der Waals surface area contributed by atoms with Crippen LogP contribution in [0.15, 0.2) is 6.33 Å².